The SMILES string of the molecule is Cc1cccn(CC(=O)N2CCC[C@](O)(c3cn(C(C)C)nn3)C2)c1=O. The van der Waals surface area contributed by atoms with Gasteiger partial charge in [-0.1, -0.05) is 11.3 Å². The molecule has 0 saturated carbocycles. The van der Waals surface area contributed by atoms with Crippen LogP contribution >= 0.6 is 0 Å². The number of β-amino-alcohol motifs (C(OH)–C–C–N with tert-alkyl or cyclic N) is 1. The Labute approximate surface area is 152 Å². The van der Waals surface area contributed by atoms with Crippen LogP contribution in [0.5, 0.6) is 0 Å². The third-order valence-electron chi connectivity index (χ3n) is 4.86. The summed E-state index contributed by atoms with van der Waals surface area (Å²) in [4.78, 5) is 26.4. The number of hydrogen-bond acceptors (Lipinski definition) is 5. The van der Waals surface area contributed by atoms with Crippen LogP contribution in [-0.2, 0) is 16.9 Å². The summed E-state index contributed by atoms with van der Waals surface area (Å²) in [5.41, 5.74) is -0.302. The van der Waals surface area contributed by atoms with Crippen LogP contribution in [0.2, 0.25) is 0 Å². The van der Waals surface area contributed by atoms with Gasteiger partial charge in [-0.05, 0) is 39.7 Å². The molecule has 2 aromatic heterocycles. The number of amides is 1. The minimum absolute atomic E-state index is 0.0325. The van der Waals surface area contributed by atoms with E-state index in [4.69, 9.17) is 0 Å². The number of aliphatic hydroxyl groups is 1. The van der Waals surface area contributed by atoms with Gasteiger partial charge in [0.1, 0.15) is 17.8 Å². The molecule has 0 aromatic carbocycles. The van der Waals surface area contributed by atoms with Gasteiger partial charge in [-0.25, -0.2) is 4.68 Å². The first-order chi connectivity index (χ1) is 12.3. The molecule has 0 unspecified atom stereocenters. The van der Waals surface area contributed by atoms with E-state index in [0.29, 0.717) is 30.6 Å². The molecule has 0 bridgehead atoms. The fraction of sp³-hybridized carbons (Fsp3) is 0.556. The molecule has 26 heavy (non-hydrogen) atoms. The van der Waals surface area contributed by atoms with E-state index >= 15 is 0 Å². The Morgan fingerprint density at radius 3 is 2.88 bits per heavy atom. The van der Waals surface area contributed by atoms with Crippen molar-refractivity contribution in [3.63, 3.8) is 0 Å². The van der Waals surface area contributed by atoms with Gasteiger partial charge in [-0.3, -0.25) is 9.59 Å². The highest BCUT2D eigenvalue weighted by Crippen LogP contribution is 2.30. The van der Waals surface area contributed by atoms with Crippen LogP contribution in [0.4, 0.5) is 0 Å². The molecular weight excluding hydrogens is 334 g/mol. The first-order valence-electron chi connectivity index (χ1n) is 8.89. The first-order valence-corrected chi connectivity index (χ1v) is 8.89. The van der Waals surface area contributed by atoms with Crippen LogP contribution in [0.25, 0.3) is 0 Å². The van der Waals surface area contributed by atoms with Gasteiger partial charge >= 0.3 is 0 Å². The van der Waals surface area contributed by atoms with E-state index in [9.17, 15) is 14.7 Å². The van der Waals surface area contributed by atoms with E-state index in [1.54, 1.807) is 41.0 Å². The minimum atomic E-state index is -1.21. The summed E-state index contributed by atoms with van der Waals surface area (Å²) in [5.74, 6) is -0.188. The second kappa shape index (κ2) is 7.03. The highest BCUT2D eigenvalue weighted by atomic mass is 16.3. The van der Waals surface area contributed by atoms with Gasteiger partial charge in [0.05, 0.1) is 12.7 Å². The molecule has 1 aliphatic rings. The Balaban J connectivity index is 1.75. The number of carbonyl (C=O) groups is 1. The number of aryl methyl sites for hydroxylation is 1. The number of carbonyl (C=O) groups excluding carboxylic acids is 1. The predicted octanol–water partition coefficient (Wildman–Crippen LogP) is 0.839. The Morgan fingerprint density at radius 2 is 2.19 bits per heavy atom. The van der Waals surface area contributed by atoms with Crippen LogP contribution in [0.1, 0.15) is 44.0 Å². The van der Waals surface area contributed by atoms with E-state index < -0.39 is 5.60 Å². The van der Waals surface area contributed by atoms with Crippen molar-refractivity contribution in [3.8, 4) is 0 Å². The number of likely N-dealkylation sites (tertiary alicyclic amines) is 1. The monoisotopic (exact) mass is 359 g/mol. The van der Waals surface area contributed by atoms with Gasteiger partial charge in [-0.2, -0.15) is 0 Å². The average Bonchev–Trinajstić information content (AvgIpc) is 3.10. The van der Waals surface area contributed by atoms with Crippen molar-refractivity contribution >= 4 is 5.91 Å². The van der Waals surface area contributed by atoms with Gasteiger partial charge in [-0.15, -0.1) is 5.10 Å². The zero-order valence-electron chi connectivity index (χ0n) is 15.4. The average molecular weight is 359 g/mol. The quantitative estimate of drug-likeness (QED) is 0.873. The minimum Gasteiger partial charge on any atom is -0.382 e. The topological polar surface area (TPSA) is 93.2 Å². The Kier molecular flexibility index (Phi) is 4.95. The summed E-state index contributed by atoms with van der Waals surface area (Å²) < 4.78 is 3.10. The van der Waals surface area contributed by atoms with Crippen molar-refractivity contribution in [1.29, 1.82) is 0 Å². The fourth-order valence-corrected chi connectivity index (χ4v) is 3.23. The normalized spacial score (nSPS) is 20.6. The highest BCUT2D eigenvalue weighted by Gasteiger charge is 2.39. The molecule has 1 atom stereocenters. The molecule has 1 aliphatic heterocycles. The summed E-state index contributed by atoms with van der Waals surface area (Å²) in [6, 6.07) is 3.62. The lowest BCUT2D eigenvalue weighted by Crippen LogP contribution is -2.50. The largest absolute Gasteiger partial charge is 0.382 e. The number of pyridine rings is 1. The Morgan fingerprint density at radius 1 is 1.42 bits per heavy atom. The van der Waals surface area contributed by atoms with Crippen LogP contribution in [0, 0.1) is 6.92 Å². The summed E-state index contributed by atoms with van der Waals surface area (Å²) >= 11 is 0. The number of aromatic nitrogens is 4. The van der Waals surface area contributed by atoms with Crippen molar-refractivity contribution < 1.29 is 9.90 Å². The molecule has 2 aromatic rings. The van der Waals surface area contributed by atoms with E-state index in [1.165, 1.54) is 4.57 Å². The summed E-state index contributed by atoms with van der Waals surface area (Å²) in [7, 11) is 0. The second-order valence-corrected chi connectivity index (χ2v) is 7.25. The molecule has 0 aliphatic carbocycles. The van der Waals surface area contributed by atoms with Crippen LogP contribution in [0.3, 0.4) is 0 Å². The van der Waals surface area contributed by atoms with Gasteiger partial charge in [0.15, 0.2) is 0 Å². The maximum Gasteiger partial charge on any atom is 0.253 e. The molecule has 3 heterocycles. The molecule has 0 radical (unpaired) electrons. The van der Waals surface area contributed by atoms with E-state index in [-0.39, 0.29) is 30.6 Å². The lowest BCUT2D eigenvalue weighted by molar-refractivity contribution is -0.139. The molecule has 8 nitrogen and oxygen atoms in total. The van der Waals surface area contributed by atoms with E-state index in [1.807, 2.05) is 13.8 Å². The molecule has 1 N–H and O–H groups in total. The first kappa shape index (κ1) is 18.3. The summed E-state index contributed by atoms with van der Waals surface area (Å²) in [6.45, 7) is 6.37. The molecule has 1 amide bonds. The van der Waals surface area contributed by atoms with Crippen LogP contribution < -0.4 is 5.56 Å². The Hall–Kier alpha value is -2.48. The zero-order chi connectivity index (χ0) is 18.9. The van der Waals surface area contributed by atoms with E-state index in [0.717, 1.165) is 0 Å². The van der Waals surface area contributed by atoms with Gasteiger partial charge in [0, 0.05) is 24.3 Å². The smallest absolute Gasteiger partial charge is 0.253 e. The fourth-order valence-electron chi connectivity index (χ4n) is 3.23. The molecule has 0 spiro atoms. The van der Waals surface area contributed by atoms with Crippen LogP contribution in [-0.4, -0.2) is 48.6 Å². The number of piperidine rings is 1. The molecule has 1 saturated heterocycles. The third-order valence-corrected chi connectivity index (χ3v) is 4.86. The van der Waals surface area contributed by atoms with E-state index in [2.05, 4.69) is 10.3 Å². The predicted molar refractivity (Wildman–Crippen MR) is 95.6 cm³/mol. The van der Waals surface area contributed by atoms with Crippen LogP contribution in [0.15, 0.2) is 29.3 Å². The molecule has 8 heteroatoms. The van der Waals surface area contributed by atoms with Crippen molar-refractivity contribution in [2.75, 3.05) is 13.1 Å². The standard InChI is InChI=1S/C18H25N5O3/c1-13(2)23-10-15(19-20-23)18(26)7-5-9-22(12-18)16(24)11-21-8-4-6-14(3)17(21)25/h4,6,8,10,13,26H,5,7,9,11-12H2,1-3H3/t18-/m1/s1. The molecule has 140 valence electrons. The molecule has 1 fully saturated rings. The molecule has 3 rings (SSSR count). The van der Waals surface area contributed by atoms with Crippen molar-refractivity contribution in [3.05, 3.63) is 46.1 Å². The maximum atomic E-state index is 12.7. The lowest BCUT2D eigenvalue weighted by Gasteiger charge is -2.38. The second-order valence-electron chi connectivity index (χ2n) is 7.25. The Bertz CT molecular complexity index is 857. The maximum absolute atomic E-state index is 12.7. The molecular formula is C18H25N5O3. The van der Waals surface area contributed by atoms with Crippen molar-refractivity contribution in [2.24, 2.45) is 0 Å². The number of nitrogens with zero attached hydrogens (tertiary/aromatic N) is 5. The summed E-state index contributed by atoms with van der Waals surface area (Å²) in [5, 5.41) is 19.2. The van der Waals surface area contributed by atoms with Gasteiger partial charge in [0.25, 0.3) is 5.56 Å². The lowest BCUT2D eigenvalue weighted by atomic mass is 9.90. The van der Waals surface area contributed by atoms with Crippen molar-refractivity contribution in [1.82, 2.24) is 24.5 Å². The number of hydrogen-bond donors (Lipinski definition) is 1. The number of rotatable bonds is 4. The van der Waals surface area contributed by atoms with Gasteiger partial charge < -0.3 is 14.6 Å². The third kappa shape index (κ3) is 3.55. The van der Waals surface area contributed by atoms with Gasteiger partial charge in [0.2, 0.25) is 5.91 Å². The zero-order valence-corrected chi connectivity index (χ0v) is 15.4. The highest BCUT2D eigenvalue weighted by molar-refractivity contribution is 5.76. The summed E-state index contributed by atoms with van der Waals surface area (Å²) in [6.07, 6.45) is 4.54. The van der Waals surface area contributed by atoms with Crippen molar-refractivity contribution in [2.45, 2.75) is 51.8 Å².